The molecule has 1 nitrogen and oxygen atoms in total. The van der Waals surface area contributed by atoms with Crippen LogP contribution in [-0.4, -0.2) is 0 Å². The van der Waals surface area contributed by atoms with Crippen LogP contribution >= 0.6 is 11.8 Å². The van der Waals surface area contributed by atoms with Gasteiger partial charge in [0.2, 0.25) is 0 Å². The number of fused-ring (bicyclic) bond motifs is 2. The van der Waals surface area contributed by atoms with Gasteiger partial charge in [0.1, 0.15) is 0 Å². The molecular formula is C32H25NS. The molecule has 0 radical (unpaired) electrons. The van der Waals surface area contributed by atoms with E-state index in [0.717, 1.165) is 17.0 Å². The maximum absolute atomic E-state index is 6.62. The summed E-state index contributed by atoms with van der Waals surface area (Å²) in [7, 11) is 0. The maximum atomic E-state index is 6.62. The van der Waals surface area contributed by atoms with Crippen LogP contribution in [0, 0.1) is 0 Å². The Morgan fingerprint density at radius 2 is 1.41 bits per heavy atom. The van der Waals surface area contributed by atoms with Crippen LogP contribution in [0.4, 0.5) is 5.69 Å². The Hall–Kier alpha value is -3.75. The summed E-state index contributed by atoms with van der Waals surface area (Å²) in [5, 5.41) is 2.42. The van der Waals surface area contributed by atoms with E-state index in [1.807, 2.05) is 17.8 Å². The molecule has 0 aromatic heterocycles. The molecule has 5 aromatic carbocycles. The summed E-state index contributed by atoms with van der Waals surface area (Å²) >= 11 is 1.89. The molecule has 5 aromatic rings. The Kier molecular flexibility index (Phi) is 5.24. The minimum atomic E-state index is -0.265. The normalized spacial score (nSPS) is 16.9. The fraction of sp³-hybridized carbons (Fsp3) is 0.0625. The van der Waals surface area contributed by atoms with Gasteiger partial charge >= 0.3 is 0 Å². The predicted molar refractivity (Wildman–Crippen MR) is 147 cm³/mol. The maximum Gasteiger partial charge on any atom is 0.0745 e. The number of rotatable bonds is 4. The van der Waals surface area contributed by atoms with Crippen LogP contribution in [0.25, 0.3) is 28.0 Å². The molecule has 164 valence electrons. The highest BCUT2D eigenvalue weighted by molar-refractivity contribution is 8.00. The molecule has 0 amide bonds. The van der Waals surface area contributed by atoms with Crippen LogP contribution in [0.15, 0.2) is 126 Å². The summed E-state index contributed by atoms with van der Waals surface area (Å²) in [6.45, 7) is 0. The molecule has 0 spiro atoms. The van der Waals surface area contributed by atoms with Crippen LogP contribution in [-0.2, 0) is 4.75 Å². The molecule has 1 unspecified atom stereocenters. The van der Waals surface area contributed by atoms with Gasteiger partial charge in [-0.25, -0.2) is 0 Å². The average Bonchev–Trinajstić information content (AvgIpc) is 2.91. The predicted octanol–water partition coefficient (Wildman–Crippen LogP) is 8.54. The van der Waals surface area contributed by atoms with Gasteiger partial charge in [-0.3, -0.25) is 0 Å². The Balaban J connectivity index is 1.56. The van der Waals surface area contributed by atoms with Crippen molar-refractivity contribution in [3.8, 4) is 11.1 Å². The van der Waals surface area contributed by atoms with E-state index in [4.69, 9.17) is 5.73 Å². The van der Waals surface area contributed by atoms with Crippen LogP contribution in [0.5, 0.6) is 0 Å². The van der Waals surface area contributed by atoms with Crippen LogP contribution in [0.1, 0.15) is 23.1 Å². The van der Waals surface area contributed by atoms with Crippen molar-refractivity contribution in [1.29, 1.82) is 0 Å². The summed E-state index contributed by atoms with van der Waals surface area (Å²) in [6.07, 6.45) is 5.50. The molecule has 6 rings (SSSR count). The molecule has 0 fully saturated rings. The van der Waals surface area contributed by atoms with Crippen molar-refractivity contribution in [1.82, 2.24) is 0 Å². The SMILES string of the molecule is Nc1ccc2ccccc2c1SC1(c2ccccc2)CC=Cc2cc(-c3ccccc3)ccc21. The zero-order valence-electron chi connectivity index (χ0n) is 18.8. The molecule has 34 heavy (non-hydrogen) atoms. The minimum Gasteiger partial charge on any atom is -0.398 e. The van der Waals surface area contributed by atoms with Gasteiger partial charge in [-0.05, 0) is 57.1 Å². The summed E-state index contributed by atoms with van der Waals surface area (Å²) in [4.78, 5) is 1.15. The zero-order chi connectivity index (χ0) is 23.0. The van der Waals surface area contributed by atoms with E-state index in [-0.39, 0.29) is 4.75 Å². The lowest BCUT2D eigenvalue weighted by atomic mass is 9.80. The van der Waals surface area contributed by atoms with Gasteiger partial charge < -0.3 is 5.73 Å². The van der Waals surface area contributed by atoms with E-state index in [9.17, 15) is 0 Å². The number of hydrogen-bond donors (Lipinski definition) is 1. The molecule has 0 aliphatic heterocycles. The van der Waals surface area contributed by atoms with Crippen molar-refractivity contribution in [3.63, 3.8) is 0 Å². The highest BCUT2D eigenvalue weighted by atomic mass is 32.2. The van der Waals surface area contributed by atoms with Gasteiger partial charge in [0.05, 0.1) is 4.75 Å². The third-order valence-corrected chi connectivity index (χ3v) is 8.35. The first-order valence-corrected chi connectivity index (χ1v) is 12.4. The first-order chi connectivity index (χ1) is 16.7. The van der Waals surface area contributed by atoms with E-state index < -0.39 is 0 Å². The van der Waals surface area contributed by atoms with Crippen LogP contribution in [0.2, 0.25) is 0 Å². The van der Waals surface area contributed by atoms with Crippen molar-refractivity contribution in [2.24, 2.45) is 0 Å². The number of anilines is 1. The highest BCUT2D eigenvalue weighted by Gasteiger charge is 2.38. The van der Waals surface area contributed by atoms with Crippen molar-refractivity contribution >= 4 is 34.3 Å². The molecule has 0 bridgehead atoms. The van der Waals surface area contributed by atoms with Gasteiger partial charge in [0, 0.05) is 10.6 Å². The summed E-state index contributed by atoms with van der Waals surface area (Å²) in [5.74, 6) is 0. The fourth-order valence-corrected chi connectivity index (χ4v) is 6.58. The molecule has 1 aliphatic rings. The summed E-state index contributed by atoms with van der Waals surface area (Å²) in [6, 6.07) is 41.1. The van der Waals surface area contributed by atoms with Crippen molar-refractivity contribution in [3.05, 3.63) is 138 Å². The number of hydrogen-bond acceptors (Lipinski definition) is 2. The van der Waals surface area contributed by atoms with Gasteiger partial charge in [0.25, 0.3) is 0 Å². The summed E-state index contributed by atoms with van der Waals surface area (Å²) in [5.41, 5.74) is 13.8. The fourth-order valence-electron chi connectivity index (χ4n) is 5.02. The van der Waals surface area contributed by atoms with E-state index in [1.54, 1.807) is 0 Å². The largest absolute Gasteiger partial charge is 0.398 e. The molecule has 1 atom stereocenters. The van der Waals surface area contributed by atoms with Crippen LogP contribution in [0.3, 0.4) is 0 Å². The first kappa shape index (κ1) is 20.8. The molecule has 0 saturated carbocycles. The first-order valence-electron chi connectivity index (χ1n) is 11.6. The number of allylic oxidation sites excluding steroid dienone is 1. The highest BCUT2D eigenvalue weighted by Crippen LogP contribution is 2.55. The standard InChI is InChI=1S/C32H25NS/c33-30-20-18-24-12-7-8-16-28(24)31(30)34-32(27-14-5-2-6-15-27)21-9-13-26-22-25(17-19-29(26)32)23-10-3-1-4-11-23/h1-20,22H,21,33H2. The smallest absolute Gasteiger partial charge is 0.0745 e. The molecule has 0 saturated heterocycles. The average molecular weight is 456 g/mol. The number of thioether (sulfide) groups is 1. The molecular weight excluding hydrogens is 430 g/mol. The Bertz CT molecular complexity index is 1500. The van der Waals surface area contributed by atoms with Crippen LogP contribution < -0.4 is 5.73 Å². The monoisotopic (exact) mass is 455 g/mol. The third kappa shape index (κ3) is 3.52. The van der Waals surface area contributed by atoms with Gasteiger partial charge in [-0.15, -0.1) is 11.8 Å². The molecule has 0 heterocycles. The third-order valence-electron chi connectivity index (χ3n) is 6.72. The Morgan fingerprint density at radius 1 is 0.676 bits per heavy atom. The van der Waals surface area contributed by atoms with E-state index in [2.05, 4.69) is 121 Å². The second-order valence-electron chi connectivity index (χ2n) is 8.77. The van der Waals surface area contributed by atoms with E-state index >= 15 is 0 Å². The van der Waals surface area contributed by atoms with E-state index in [1.165, 1.54) is 38.6 Å². The van der Waals surface area contributed by atoms with Gasteiger partial charge in [0.15, 0.2) is 0 Å². The Labute approximate surface area is 205 Å². The van der Waals surface area contributed by atoms with Gasteiger partial charge in [-0.2, -0.15) is 0 Å². The number of benzene rings is 5. The van der Waals surface area contributed by atoms with E-state index in [0.29, 0.717) is 0 Å². The minimum absolute atomic E-state index is 0.265. The van der Waals surface area contributed by atoms with Crippen molar-refractivity contribution < 1.29 is 0 Å². The molecule has 2 heteroatoms. The number of nitrogens with two attached hydrogens (primary N) is 1. The Morgan fingerprint density at radius 3 is 2.24 bits per heavy atom. The molecule has 2 N–H and O–H groups in total. The topological polar surface area (TPSA) is 26.0 Å². The zero-order valence-corrected chi connectivity index (χ0v) is 19.6. The van der Waals surface area contributed by atoms with Crippen molar-refractivity contribution in [2.45, 2.75) is 16.1 Å². The second-order valence-corrected chi connectivity index (χ2v) is 10.1. The molecule has 1 aliphatic carbocycles. The summed E-state index contributed by atoms with van der Waals surface area (Å²) < 4.78 is -0.265. The second kappa shape index (κ2) is 8.55. The lowest BCUT2D eigenvalue weighted by Gasteiger charge is -2.38. The lowest BCUT2D eigenvalue weighted by molar-refractivity contribution is 0.747. The quantitative estimate of drug-likeness (QED) is 0.275. The van der Waals surface area contributed by atoms with Crippen molar-refractivity contribution in [2.75, 3.05) is 5.73 Å². The lowest BCUT2D eigenvalue weighted by Crippen LogP contribution is -2.26. The number of nitrogen functional groups attached to an aromatic ring is 1. The van der Waals surface area contributed by atoms with Gasteiger partial charge in [-0.1, -0.05) is 115 Å².